The number of aliphatic hydroxyl groups excluding tert-OH is 1. The number of carbonyl (C=O) groups is 3. The molecule has 2 bridgehead atoms. The fourth-order valence-electron chi connectivity index (χ4n) is 7.83. The van der Waals surface area contributed by atoms with Crippen LogP contribution < -0.4 is 9.80 Å². The van der Waals surface area contributed by atoms with E-state index in [1.165, 1.54) is 0 Å². The third-order valence-corrected chi connectivity index (χ3v) is 12.0. The van der Waals surface area contributed by atoms with E-state index < -0.39 is 33.4 Å². The SMILES string of the molecule is C=CCN(C(=O)C1N([C@H](CO)c2ccccc2)C(=O)[C@@H]2[C@@H](C(=O)N(CC=C)c3ccccc3)[C@@]3(C)CCC12S3)c1ccc(Cl)cc1. The second-order valence-electron chi connectivity index (χ2n) is 12.4. The molecule has 3 aliphatic heterocycles. The number of rotatable bonds is 11. The molecule has 3 saturated heterocycles. The molecular weight excluding hydrogens is 618 g/mol. The molecule has 6 atom stereocenters. The van der Waals surface area contributed by atoms with Gasteiger partial charge in [0.15, 0.2) is 0 Å². The van der Waals surface area contributed by atoms with E-state index in [-0.39, 0.29) is 37.4 Å². The van der Waals surface area contributed by atoms with Crippen LogP contribution in [0.15, 0.2) is 110 Å². The Hall–Kier alpha value is -3.85. The van der Waals surface area contributed by atoms with Gasteiger partial charge in [-0.05, 0) is 61.7 Å². The second-order valence-corrected chi connectivity index (χ2v) is 14.7. The van der Waals surface area contributed by atoms with Gasteiger partial charge in [-0.3, -0.25) is 14.4 Å². The number of hydrogen-bond acceptors (Lipinski definition) is 5. The number of carbonyl (C=O) groups excluding carboxylic acids is 3. The van der Waals surface area contributed by atoms with E-state index in [0.29, 0.717) is 23.6 Å². The summed E-state index contributed by atoms with van der Waals surface area (Å²) in [7, 11) is 0. The van der Waals surface area contributed by atoms with Crippen molar-refractivity contribution in [3.05, 3.63) is 121 Å². The Kier molecular flexibility index (Phi) is 8.89. The molecule has 2 unspecified atom stereocenters. The summed E-state index contributed by atoms with van der Waals surface area (Å²) >= 11 is 7.80. The first-order valence-corrected chi connectivity index (χ1v) is 16.7. The number of nitrogens with zero attached hydrogens (tertiary/aromatic N) is 3. The molecule has 6 rings (SSSR count). The molecule has 7 nitrogen and oxygen atoms in total. The fraction of sp³-hybridized carbons (Fsp3) is 0.324. The molecule has 1 N–H and O–H groups in total. The summed E-state index contributed by atoms with van der Waals surface area (Å²) in [6, 6.07) is 24.0. The molecule has 0 saturated carbocycles. The highest BCUT2D eigenvalue weighted by Crippen LogP contribution is 2.72. The van der Waals surface area contributed by atoms with Crippen molar-refractivity contribution in [2.24, 2.45) is 11.8 Å². The maximum atomic E-state index is 15.0. The van der Waals surface area contributed by atoms with Gasteiger partial charge in [0.05, 0.1) is 29.2 Å². The molecule has 3 aromatic carbocycles. The van der Waals surface area contributed by atoms with Gasteiger partial charge in [0.25, 0.3) is 5.91 Å². The van der Waals surface area contributed by atoms with Crippen LogP contribution in [0.5, 0.6) is 0 Å². The summed E-state index contributed by atoms with van der Waals surface area (Å²) in [5.41, 5.74) is 2.07. The van der Waals surface area contributed by atoms with Gasteiger partial charge in [0.2, 0.25) is 11.8 Å². The molecule has 1 spiro atoms. The van der Waals surface area contributed by atoms with Gasteiger partial charge >= 0.3 is 0 Å². The summed E-state index contributed by atoms with van der Waals surface area (Å²) in [6.07, 6.45) is 4.60. The topological polar surface area (TPSA) is 81.2 Å². The zero-order valence-corrected chi connectivity index (χ0v) is 27.4. The van der Waals surface area contributed by atoms with Gasteiger partial charge in [-0.25, -0.2) is 0 Å². The van der Waals surface area contributed by atoms with Crippen molar-refractivity contribution in [3.63, 3.8) is 0 Å². The highest BCUT2D eigenvalue weighted by molar-refractivity contribution is 8.02. The molecule has 238 valence electrons. The lowest BCUT2D eigenvalue weighted by molar-refractivity contribution is -0.142. The van der Waals surface area contributed by atoms with Crippen molar-refractivity contribution in [3.8, 4) is 0 Å². The van der Waals surface area contributed by atoms with Gasteiger partial charge in [-0.1, -0.05) is 72.3 Å². The Bertz CT molecular complexity index is 1640. The summed E-state index contributed by atoms with van der Waals surface area (Å²) in [4.78, 5) is 49.7. The predicted molar refractivity (Wildman–Crippen MR) is 185 cm³/mol. The number of fused-ring (bicyclic) bond motifs is 1. The van der Waals surface area contributed by atoms with Crippen LogP contribution in [0.2, 0.25) is 5.02 Å². The minimum Gasteiger partial charge on any atom is -0.394 e. The normalized spacial score (nSPS) is 26.8. The molecule has 3 fully saturated rings. The van der Waals surface area contributed by atoms with E-state index in [2.05, 4.69) is 20.1 Å². The van der Waals surface area contributed by atoms with Crippen molar-refractivity contribution >= 4 is 52.5 Å². The van der Waals surface area contributed by atoms with Crippen LogP contribution in [-0.2, 0) is 14.4 Å². The Morgan fingerprint density at radius 3 is 2.09 bits per heavy atom. The third kappa shape index (κ3) is 5.17. The van der Waals surface area contributed by atoms with E-state index in [1.54, 1.807) is 62.9 Å². The van der Waals surface area contributed by atoms with E-state index in [1.807, 2.05) is 60.7 Å². The molecule has 0 aliphatic carbocycles. The summed E-state index contributed by atoms with van der Waals surface area (Å²) < 4.78 is -1.45. The highest BCUT2D eigenvalue weighted by Gasteiger charge is 2.78. The second kappa shape index (κ2) is 12.7. The van der Waals surface area contributed by atoms with Crippen LogP contribution in [0.1, 0.15) is 31.4 Å². The van der Waals surface area contributed by atoms with Gasteiger partial charge in [0, 0.05) is 34.2 Å². The third-order valence-electron chi connectivity index (χ3n) is 9.77. The average molecular weight is 656 g/mol. The van der Waals surface area contributed by atoms with Crippen molar-refractivity contribution in [1.82, 2.24) is 4.90 Å². The van der Waals surface area contributed by atoms with Crippen molar-refractivity contribution in [1.29, 1.82) is 0 Å². The lowest BCUT2D eigenvalue weighted by atomic mass is 9.66. The minimum absolute atomic E-state index is 0.157. The molecule has 46 heavy (non-hydrogen) atoms. The van der Waals surface area contributed by atoms with Gasteiger partial charge in [-0.2, -0.15) is 0 Å². The Morgan fingerprint density at radius 1 is 0.935 bits per heavy atom. The number of halogens is 1. The number of aliphatic hydroxyl groups is 1. The van der Waals surface area contributed by atoms with Gasteiger partial charge in [0.1, 0.15) is 6.04 Å². The van der Waals surface area contributed by atoms with Crippen molar-refractivity contribution in [2.45, 2.75) is 41.3 Å². The monoisotopic (exact) mass is 655 g/mol. The lowest BCUT2D eigenvalue weighted by Gasteiger charge is -2.39. The number of benzene rings is 3. The minimum atomic E-state index is -0.938. The van der Waals surface area contributed by atoms with E-state index in [4.69, 9.17) is 11.6 Å². The number of likely N-dealkylation sites (tertiary alicyclic amines) is 1. The molecule has 3 aliphatic rings. The first-order valence-electron chi connectivity index (χ1n) is 15.5. The molecule has 3 heterocycles. The maximum Gasteiger partial charge on any atom is 0.251 e. The first kappa shape index (κ1) is 32.1. The van der Waals surface area contributed by atoms with Crippen LogP contribution >= 0.6 is 23.4 Å². The fourth-order valence-corrected chi connectivity index (χ4v) is 10.3. The van der Waals surface area contributed by atoms with Crippen LogP contribution in [0.4, 0.5) is 11.4 Å². The molecule has 9 heteroatoms. The number of para-hydroxylation sites is 1. The zero-order valence-electron chi connectivity index (χ0n) is 25.8. The maximum absolute atomic E-state index is 15.0. The lowest BCUT2D eigenvalue weighted by Crippen LogP contribution is -2.56. The number of amides is 3. The average Bonchev–Trinajstić information content (AvgIpc) is 3.64. The van der Waals surface area contributed by atoms with Crippen molar-refractivity contribution < 1.29 is 19.5 Å². The Labute approximate surface area is 279 Å². The predicted octanol–water partition coefficient (Wildman–Crippen LogP) is 6.29. The summed E-state index contributed by atoms with van der Waals surface area (Å²) in [5, 5.41) is 11.4. The molecule has 3 aromatic rings. The number of thioether (sulfide) groups is 1. The highest BCUT2D eigenvalue weighted by atomic mass is 35.5. The largest absolute Gasteiger partial charge is 0.394 e. The number of hydrogen-bond donors (Lipinski definition) is 1. The van der Waals surface area contributed by atoms with Crippen LogP contribution in [0.25, 0.3) is 0 Å². The van der Waals surface area contributed by atoms with Crippen LogP contribution in [0.3, 0.4) is 0 Å². The number of anilines is 2. The standard InChI is InChI=1S/C37H38ClN3O4S/c1-4-22-39(27-14-10-7-11-15-27)33(43)30-31-34(44)41(29(24-42)25-12-8-6-9-13-25)32(37(31)21-20-36(30,3)46-37)35(45)40(23-5-2)28-18-16-26(38)17-19-28/h4-19,29-32,42H,1-2,20-24H2,3H3/t29-,30+,31+,32?,36-,37?/m1/s1. The Balaban J connectivity index is 1.50. The van der Waals surface area contributed by atoms with E-state index in [0.717, 1.165) is 11.3 Å². The molecule has 3 amide bonds. The van der Waals surface area contributed by atoms with E-state index >= 15 is 4.79 Å². The van der Waals surface area contributed by atoms with Gasteiger partial charge in [-0.15, -0.1) is 24.9 Å². The molecule has 0 radical (unpaired) electrons. The van der Waals surface area contributed by atoms with Gasteiger partial charge < -0.3 is 19.8 Å². The molecular formula is C37H38ClN3O4S. The smallest absolute Gasteiger partial charge is 0.251 e. The van der Waals surface area contributed by atoms with Crippen molar-refractivity contribution in [2.75, 3.05) is 29.5 Å². The quantitative estimate of drug-likeness (QED) is 0.246. The van der Waals surface area contributed by atoms with Crippen LogP contribution in [-0.4, -0.2) is 63.0 Å². The Morgan fingerprint density at radius 2 is 1.50 bits per heavy atom. The summed E-state index contributed by atoms with van der Waals surface area (Å²) in [5.74, 6) is -2.16. The zero-order chi connectivity index (χ0) is 32.6. The first-order chi connectivity index (χ1) is 22.2. The van der Waals surface area contributed by atoms with Crippen LogP contribution in [0, 0.1) is 11.8 Å². The summed E-state index contributed by atoms with van der Waals surface area (Å²) in [6.45, 7) is 9.98. The molecule has 0 aromatic heterocycles. The van der Waals surface area contributed by atoms with E-state index in [9.17, 15) is 14.7 Å².